The van der Waals surface area contributed by atoms with Gasteiger partial charge in [0.1, 0.15) is 0 Å². The van der Waals surface area contributed by atoms with Gasteiger partial charge in [0.05, 0.1) is 32.8 Å². The molecule has 1 rings (SSSR count). The summed E-state index contributed by atoms with van der Waals surface area (Å²) in [7, 11) is 6.83. The fourth-order valence-corrected chi connectivity index (χ4v) is 4.01. The van der Waals surface area contributed by atoms with Crippen molar-refractivity contribution < 1.29 is 14.2 Å². The van der Waals surface area contributed by atoms with E-state index in [1.165, 1.54) is 25.7 Å². The van der Waals surface area contributed by atoms with Crippen LogP contribution in [0.25, 0.3) is 0 Å². The van der Waals surface area contributed by atoms with Gasteiger partial charge >= 0.3 is 0 Å². The van der Waals surface area contributed by atoms with Gasteiger partial charge in [-0.3, -0.25) is 0 Å². The summed E-state index contributed by atoms with van der Waals surface area (Å²) in [4.78, 5) is 0. The van der Waals surface area contributed by atoms with Crippen molar-refractivity contribution in [2.75, 3.05) is 28.4 Å². The minimum atomic E-state index is -0.620. The highest BCUT2D eigenvalue weighted by Gasteiger charge is 2.38. The average Bonchev–Trinajstić information content (AvgIpc) is 2.74. The lowest BCUT2D eigenvalue weighted by Crippen LogP contribution is -2.34. The largest absolute Gasteiger partial charge is 0.493 e. The van der Waals surface area contributed by atoms with E-state index < -0.39 is 5.41 Å². The second kappa shape index (κ2) is 12.6. The highest BCUT2D eigenvalue weighted by atomic mass is 16.5. The molecule has 0 fully saturated rings. The first kappa shape index (κ1) is 25.1. The van der Waals surface area contributed by atoms with Gasteiger partial charge in [0.15, 0.2) is 11.5 Å². The van der Waals surface area contributed by atoms with Crippen LogP contribution in [0, 0.1) is 17.2 Å². The first-order valence-electron chi connectivity index (χ1n) is 10.8. The third-order valence-corrected chi connectivity index (χ3v) is 6.07. The van der Waals surface area contributed by atoms with E-state index in [1.54, 1.807) is 21.3 Å². The number of ether oxygens (including phenoxy) is 3. The molecule has 0 aliphatic heterocycles. The molecule has 0 radical (unpaired) electrons. The highest BCUT2D eigenvalue weighted by molar-refractivity contribution is 5.56. The van der Waals surface area contributed by atoms with E-state index in [4.69, 9.17) is 14.2 Å². The van der Waals surface area contributed by atoms with Gasteiger partial charge in [0.25, 0.3) is 0 Å². The van der Waals surface area contributed by atoms with E-state index in [0.29, 0.717) is 23.3 Å². The van der Waals surface area contributed by atoms with Crippen LogP contribution in [0.1, 0.15) is 71.3 Å². The molecule has 0 aliphatic carbocycles. The van der Waals surface area contributed by atoms with Crippen molar-refractivity contribution >= 4 is 0 Å². The summed E-state index contributed by atoms with van der Waals surface area (Å²) in [5.41, 5.74) is 0.302. The molecule has 0 saturated heterocycles. The van der Waals surface area contributed by atoms with E-state index >= 15 is 0 Å². The molecule has 0 heterocycles. The molecule has 0 aromatic heterocycles. The molecule has 0 aliphatic rings. The number of nitrogens with one attached hydrogen (secondary N) is 1. The molecule has 1 aromatic rings. The quantitative estimate of drug-likeness (QED) is 0.417. The summed E-state index contributed by atoms with van der Waals surface area (Å²) in [5.74, 6) is 1.88. The molecule has 2 unspecified atom stereocenters. The van der Waals surface area contributed by atoms with Gasteiger partial charge in [-0.2, -0.15) is 5.26 Å². The Hall–Kier alpha value is -1.93. The monoisotopic (exact) mass is 404 g/mol. The zero-order valence-corrected chi connectivity index (χ0v) is 19.4. The zero-order chi connectivity index (χ0) is 21.9. The number of rotatable bonds is 14. The Morgan fingerprint density at radius 3 is 2.03 bits per heavy atom. The highest BCUT2D eigenvalue weighted by Crippen LogP contribution is 2.45. The second-order valence-corrected chi connectivity index (χ2v) is 8.03. The van der Waals surface area contributed by atoms with Crippen molar-refractivity contribution in [1.82, 2.24) is 5.32 Å². The first-order valence-corrected chi connectivity index (χ1v) is 10.8. The summed E-state index contributed by atoms with van der Waals surface area (Å²) in [6.45, 7) is 6.46. The maximum atomic E-state index is 10.3. The van der Waals surface area contributed by atoms with E-state index in [1.807, 2.05) is 19.2 Å². The van der Waals surface area contributed by atoms with E-state index in [0.717, 1.165) is 24.8 Å². The Kier molecular flexibility index (Phi) is 10.9. The molecule has 5 heteroatoms. The van der Waals surface area contributed by atoms with Gasteiger partial charge in [-0.05, 0) is 49.9 Å². The zero-order valence-electron chi connectivity index (χ0n) is 19.4. The van der Waals surface area contributed by atoms with Crippen LogP contribution in [-0.4, -0.2) is 34.4 Å². The van der Waals surface area contributed by atoms with E-state index in [-0.39, 0.29) is 5.92 Å². The molecular formula is C24H40N2O3. The lowest BCUT2D eigenvalue weighted by atomic mass is 9.69. The minimum absolute atomic E-state index is 0.146. The van der Waals surface area contributed by atoms with Crippen LogP contribution in [-0.2, 0) is 5.41 Å². The molecule has 5 nitrogen and oxygen atoms in total. The molecule has 2 atom stereocenters. The van der Waals surface area contributed by atoms with Crippen molar-refractivity contribution in [3.63, 3.8) is 0 Å². The Morgan fingerprint density at radius 2 is 1.62 bits per heavy atom. The topological polar surface area (TPSA) is 63.5 Å². The van der Waals surface area contributed by atoms with E-state index in [2.05, 4.69) is 32.2 Å². The van der Waals surface area contributed by atoms with Gasteiger partial charge < -0.3 is 19.5 Å². The molecule has 1 N–H and O–H groups in total. The van der Waals surface area contributed by atoms with Crippen LogP contribution in [0.15, 0.2) is 12.1 Å². The van der Waals surface area contributed by atoms with E-state index in [9.17, 15) is 5.26 Å². The number of unbranched alkanes of at least 4 members (excludes halogenated alkanes) is 3. The summed E-state index contributed by atoms with van der Waals surface area (Å²) in [6.07, 6.45) is 7.90. The van der Waals surface area contributed by atoms with Gasteiger partial charge in [0.2, 0.25) is 5.75 Å². The first-order chi connectivity index (χ1) is 13.9. The van der Waals surface area contributed by atoms with Crippen molar-refractivity contribution in [3.8, 4) is 23.3 Å². The molecule has 0 spiro atoms. The van der Waals surface area contributed by atoms with Crippen LogP contribution in [0.3, 0.4) is 0 Å². The Bertz CT molecular complexity index is 629. The predicted octanol–water partition coefficient (Wildman–Crippen LogP) is 5.47. The van der Waals surface area contributed by atoms with Crippen molar-refractivity contribution in [1.29, 1.82) is 5.26 Å². The maximum Gasteiger partial charge on any atom is 0.203 e. The Labute approximate surface area is 177 Å². The van der Waals surface area contributed by atoms with Gasteiger partial charge in [-0.15, -0.1) is 0 Å². The number of hydrogen-bond donors (Lipinski definition) is 1. The molecule has 1 aromatic carbocycles. The lowest BCUT2D eigenvalue weighted by Gasteiger charge is -2.33. The summed E-state index contributed by atoms with van der Waals surface area (Å²) < 4.78 is 16.5. The summed E-state index contributed by atoms with van der Waals surface area (Å²) >= 11 is 0. The molecule has 0 saturated carbocycles. The minimum Gasteiger partial charge on any atom is -0.493 e. The maximum absolute atomic E-state index is 10.3. The normalized spacial score (nSPS) is 14.2. The number of methoxy groups -OCH3 is 3. The fraction of sp³-hybridized carbons (Fsp3) is 0.708. The van der Waals surface area contributed by atoms with Crippen LogP contribution >= 0.6 is 0 Å². The fourth-order valence-electron chi connectivity index (χ4n) is 4.01. The van der Waals surface area contributed by atoms with Crippen LogP contribution in [0.2, 0.25) is 0 Å². The van der Waals surface area contributed by atoms with Gasteiger partial charge in [-0.1, -0.05) is 46.5 Å². The SMILES string of the molecule is CCCCCCC(CCC(C#N)(c1cc(OC)c(OC)c(OC)c1)C(C)C)NC. The van der Waals surface area contributed by atoms with Gasteiger partial charge in [0, 0.05) is 6.04 Å². The van der Waals surface area contributed by atoms with Crippen LogP contribution in [0.4, 0.5) is 0 Å². The molecular weight excluding hydrogens is 364 g/mol. The Balaban J connectivity index is 3.17. The van der Waals surface area contributed by atoms with Crippen LogP contribution < -0.4 is 19.5 Å². The predicted molar refractivity (Wildman–Crippen MR) is 119 cm³/mol. The summed E-state index contributed by atoms with van der Waals surface area (Å²) in [6, 6.07) is 6.93. The molecule has 0 bridgehead atoms. The Morgan fingerprint density at radius 1 is 1.00 bits per heavy atom. The molecule has 0 amide bonds. The van der Waals surface area contributed by atoms with Gasteiger partial charge in [-0.25, -0.2) is 0 Å². The molecule has 164 valence electrons. The third kappa shape index (κ3) is 6.27. The lowest BCUT2D eigenvalue weighted by molar-refractivity contribution is 0.310. The number of hydrogen-bond acceptors (Lipinski definition) is 5. The average molecular weight is 405 g/mol. The smallest absolute Gasteiger partial charge is 0.203 e. The second-order valence-electron chi connectivity index (χ2n) is 8.03. The van der Waals surface area contributed by atoms with Crippen molar-refractivity contribution in [2.24, 2.45) is 5.92 Å². The number of nitrogens with zero attached hydrogens (tertiary/aromatic N) is 1. The molecule has 29 heavy (non-hydrogen) atoms. The standard InChI is InChI=1S/C24H40N2O3/c1-8-9-10-11-12-20(26-4)13-14-24(17-25,18(2)3)19-15-21(27-5)23(29-7)22(16-19)28-6/h15-16,18,20,26H,8-14H2,1-7H3. The van der Waals surface area contributed by atoms with Crippen molar-refractivity contribution in [2.45, 2.75) is 77.2 Å². The van der Waals surface area contributed by atoms with Crippen molar-refractivity contribution in [3.05, 3.63) is 17.7 Å². The van der Waals surface area contributed by atoms with Crippen LogP contribution in [0.5, 0.6) is 17.2 Å². The number of nitriles is 1. The number of benzene rings is 1. The third-order valence-electron chi connectivity index (χ3n) is 6.07. The summed E-state index contributed by atoms with van der Waals surface area (Å²) in [5, 5.41) is 13.8.